The number of hydrogen-bond donors (Lipinski definition) is 1. The summed E-state index contributed by atoms with van der Waals surface area (Å²) in [5.74, 6) is 0.485. The highest BCUT2D eigenvalue weighted by Crippen LogP contribution is 2.32. The van der Waals surface area contributed by atoms with E-state index in [1.165, 1.54) is 12.1 Å². The van der Waals surface area contributed by atoms with Crippen molar-refractivity contribution in [1.29, 1.82) is 5.26 Å². The monoisotopic (exact) mass is 416 g/mol. The van der Waals surface area contributed by atoms with E-state index in [1.54, 1.807) is 30.3 Å². The van der Waals surface area contributed by atoms with Gasteiger partial charge in [-0.1, -0.05) is 12.1 Å². The van der Waals surface area contributed by atoms with E-state index in [-0.39, 0.29) is 24.5 Å². The number of carbonyl (C=O) groups excluding carboxylic acids is 1. The van der Waals surface area contributed by atoms with Crippen LogP contribution >= 0.6 is 0 Å². The highest BCUT2D eigenvalue weighted by atomic mass is 32.2. The summed E-state index contributed by atoms with van der Waals surface area (Å²) in [7, 11) is -3.72. The molecule has 0 spiro atoms. The van der Waals surface area contributed by atoms with Gasteiger partial charge >= 0.3 is 5.97 Å². The molecule has 1 aliphatic rings. The van der Waals surface area contributed by atoms with Crippen LogP contribution in [-0.4, -0.2) is 34.1 Å². The number of benzene rings is 2. The number of nitriles is 1. The lowest BCUT2D eigenvalue weighted by atomic mass is 10.2. The molecule has 0 amide bonds. The van der Waals surface area contributed by atoms with Crippen LogP contribution in [0.15, 0.2) is 47.4 Å². The number of fused-ring (bicyclic) bond motifs is 1. The molecule has 2 aromatic carbocycles. The van der Waals surface area contributed by atoms with Crippen molar-refractivity contribution in [2.75, 3.05) is 19.8 Å². The maximum Gasteiger partial charge on any atom is 0.306 e. The Balaban J connectivity index is 1.42. The number of sulfonamides is 1. The summed E-state index contributed by atoms with van der Waals surface area (Å²) in [5, 5.41) is 8.75. The second-order valence-electron chi connectivity index (χ2n) is 6.28. The molecule has 1 heterocycles. The van der Waals surface area contributed by atoms with E-state index >= 15 is 0 Å². The molecule has 1 N–H and O–H groups in total. The van der Waals surface area contributed by atoms with Gasteiger partial charge in [-0.2, -0.15) is 5.26 Å². The Kier molecular flexibility index (Phi) is 6.69. The second-order valence-corrected chi connectivity index (χ2v) is 8.04. The zero-order chi connectivity index (χ0) is 20.7. The van der Waals surface area contributed by atoms with Crippen molar-refractivity contribution in [3.05, 3.63) is 53.6 Å². The summed E-state index contributed by atoms with van der Waals surface area (Å²) in [4.78, 5) is 11.9. The quantitative estimate of drug-likeness (QED) is 0.518. The highest BCUT2D eigenvalue weighted by Gasteiger charge is 2.19. The first kappa shape index (κ1) is 20.6. The topological polar surface area (TPSA) is 115 Å². The minimum absolute atomic E-state index is 0.0742. The van der Waals surface area contributed by atoms with Crippen LogP contribution in [0, 0.1) is 11.3 Å². The van der Waals surface area contributed by atoms with Crippen LogP contribution in [0.3, 0.4) is 0 Å². The number of rotatable bonds is 8. The lowest BCUT2D eigenvalue weighted by molar-refractivity contribution is -0.145. The van der Waals surface area contributed by atoms with Gasteiger partial charge in [-0.3, -0.25) is 4.79 Å². The average molecular weight is 416 g/mol. The van der Waals surface area contributed by atoms with Crippen LogP contribution in [-0.2, 0) is 26.2 Å². The molecule has 29 heavy (non-hydrogen) atoms. The van der Waals surface area contributed by atoms with Crippen LogP contribution in [0.1, 0.15) is 24.0 Å². The Hall–Kier alpha value is -3.09. The predicted octanol–water partition coefficient (Wildman–Crippen LogP) is 2.13. The maximum absolute atomic E-state index is 12.4. The van der Waals surface area contributed by atoms with Crippen LogP contribution < -0.4 is 14.2 Å². The standard InChI is InChI=1S/C20H20N2O6S/c21-13-15-3-5-16(6-4-15)14-28-20(23)2-1-9-22-29(24,25)17-7-8-18-19(12-17)27-11-10-26-18/h3-8,12,22H,1-2,9-11,14H2. The molecule has 0 atom stereocenters. The molecule has 0 bridgehead atoms. The lowest BCUT2D eigenvalue weighted by Gasteiger charge is -2.18. The van der Waals surface area contributed by atoms with Gasteiger partial charge in [0.05, 0.1) is 16.5 Å². The Morgan fingerprint density at radius 1 is 1.10 bits per heavy atom. The van der Waals surface area contributed by atoms with Gasteiger partial charge in [0.1, 0.15) is 19.8 Å². The van der Waals surface area contributed by atoms with Gasteiger partial charge in [-0.15, -0.1) is 0 Å². The van der Waals surface area contributed by atoms with Gasteiger partial charge in [0, 0.05) is 19.0 Å². The van der Waals surface area contributed by atoms with E-state index in [2.05, 4.69) is 4.72 Å². The SMILES string of the molecule is N#Cc1ccc(COC(=O)CCCNS(=O)(=O)c2ccc3c(c2)OCCO3)cc1. The molecular formula is C20H20N2O6S. The summed E-state index contributed by atoms with van der Waals surface area (Å²) in [6.45, 7) is 1.00. The van der Waals surface area contributed by atoms with E-state index in [0.29, 0.717) is 36.7 Å². The summed E-state index contributed by atoms with van der Waals surface area (Å²) < 4.78 is 43.1. The number of hydrogen-bond acceptors (Lipinski definition) is 7. The number of carbonyl (C=O) groups is 1. The molecule has 0 aliphatic carbocycles. The minimum Gasteiger partial charge on any atom is -0.486 e. The minimum atomic E-state index is -3.72. The van der Waals surface area contributed by atoms with Crippen molar-refractivity contribution >= 4 is 16.0 Å². The van der Waals surface area contributed by atoms with Gasteiger partial charge in [-0.05, 0) is 36.2 Å². The van der Waals surface area contributed by atoms with Crippen molar-refractivity contribution in [3.63, 3.8) is 0 Å². The first-order valence-electron chi connectivity index (χ1n) is 9.02. The Morgan fingerprint density at radius 2 is 1.83 bits per heavy atom. The third-order valence-electron chi connectivity index (χ3n) is 4.16. The fourth-order valence-electron chi connectivity index (χ4n) is 2.62. The summed E-state index contributed by atoms with van der Waals surface area (Å²) >= 11 is 0. The van der Waals surface area contributed by atoms with E-state index in [4.69, 9.17) is 19.5 Å². The molecule has 0 saturated carbocycles. The summed E-state index contributed by atoms with van der Waals surface area (Å²) in [6.07, 6.45) is 0.385. The second kappa shape index (κ2) is 9.41. The zero-order valence-corrected chi connectivity index (χ0v) is 16.4. The molecule has 9 heteroatoms. The average Bonchev–Trinajstić information content (AvgIpc) is 2.75. The van der Waals surface area contributed by atoms with Crippen molar-refractivity contribution < 1.29 is 27.4 Å². The highest BCUT2D eigenvalue weighted by molar-refractivity contribution is 7.89. The Bertz CT molecular complexity index is 1010. The molecular weight excluding hydrogens is 396 g/mol. The molecule has 0 aromatic heterocycles. The van der Waals surface area contributed by atoms with Gasteiger partial charge in [0.15, 0.2) is 11.5 Å². The van der Waals surface area contributed by atoms with Crippen molar-refractivity contribution in [3.8, 4) is 17.6 Å². The first-order chi connectivity index (χ1) is 14.0. The van der Waals surface area contributed by atoms with Crippen LogP contribution in [0.2, 0.25) is 0 Å². The van der Waals surface area contributed by atoms with Crippen LogP contribution in [0.4, 0.5) is 0 Å². The maximum atomic E-state index is 12.4. The van der Waals surface area contributed by atoms with E-state index in [1.807, 2.05) is 6.07 Å². The molecule has 0 saturated heterocycles. The smallest absolute Gasteiger partial charge is 0.306 e. The van der Waals surface area contributed by atoms with E-state index < -0.39 is 16.0 Å². The van der Waals surface area contributed by atoms with Gasteiger partial charge < -0.3 is 14.2 Å². The number of esters is 1. The molecule has 3 rings (SSSR count). The third kappa shape index (κ3) is 5.70. The zero-order valence-electron chi connectivity index (χ0n) is 15.6. The van der Waals surface area contributed by atoms with E-state index in [0.717, 1.165) is 5.56 Å². The van der Waals surface area contributed by atoms with Crippen molar-refractivity contribution in [1.82, 2.24) is 4.72 Å². The van der Waals surface area contributed by atoms with Crippen molar-refractivity contribution in [2.45, 2.75) is 24.3 Å². The fourth-order valence-corrected chi connectivity index (χ4v) is 3.71. The van der Waals surface area contributed by atoms with Crippen LogP contribution in [0.5, 0.6) is 11.5 Å². The predicted molar refractivity (Wildman–Crippen MR) is 103 cm³/mol. The lowest BCUT2D eigenvalue weighted by Crippen LogP contribution is -2.25. The largest absolute Gasteiger partial charge is 0.486 e. The number of nitrogens with zero attached hydrogens (tertiary/aromatic N) is 1. The third-order valence-corrected chi connectivity index (χ3v) is 5.62. The first-order valence-corrected chi connectivity index (χ1v) is 10.5. The number of ether oxygens (including phenoxy) is 3. The normalized spacial score (nSPS) is 12.8. The van der Waals surface area contributed by atoms with Crippen LogP contribution in [0.25, 0.3) is 0 Å². The molecule has 8 nitrogen and oxygen atoms in total. The fraction of sp³-hybridized carbons (Fsp3) is 0.300. The molecule has 2 aromatic rings. The molecule has 152 valence electrons. The van der Waals surface area contributed by atoms with Gasteiger partial charge in [0.2, 0.25) is 10.0 Å². The molecule has 1 aliphatic heterocycles. The Morgan fingerprint density at radius 3 is 2.55 bits per heavy atom. The van der Waals surface area contributed by atoms with Gasteiger partial charge in [0.25, 0.3) is 0 Å². The Labute approximate surface area is 169 Å². The number of nitrogens with one attached hydrogen (secondary N) is 1. The van der Waals surface area contributed by atoms with Gasteiger partial charge in [-0.25, -0.2) is 13.1 Å². The molecule has 0 unspecified atom stereocenters. The summed E-state index contributed by atoms with van der Waals surface area (Å²) in [5.41, 5.74) is 1.31. The van der Waals surface area contributed by atoms with Crippen molar-refractivity contribution in [2.24, 2.45) is 0 Å². The molecule has 0 radical (unpaired) electrons. The van der Waals surface area contributed by atoms with E-state index in [9.17, 15) is 13.2 Å². The molecule has 0 fully saturated rings. The summed E-state index contributed by atoms with van der Waals surface area (Å²) in [6, 6.07) is 13.2.